The summed E-state index contributed by atoms with van der Waals surface area (Å²) in [5.74, 6) is -0.419. The number of carbonyl (C=O) groups is 1. The molecule has 0 aliphatic rings. The van der Waals surface area contributed by atoms with Crippen molar-refractivity contribution in [3.05, 3.63) is 39.7 Å². The molecular weight excluding hydrogens is 258 g/mol. The fraction of sp³-hybridized carbons (Fsp3) is 0.333. The Balaban J connectivity index is 2.87. The zero-order valence-electron chi connectivity index (χ0n) is 11.8. The number of aliphatic carboxylic acids is 1. The first kappa shape index (κ1) is 14.1. The number of carboxylic acids is 1. The minimum atomic E-state index is -1.00. The second-order valence-corrected chi connectivity index (χ2v) is 4.59. The average molecular weight is 275 g/mol. The van der Waals surface area contributed by atoms with Gasteiger partial charge < -0.3 is 14.4 Å². The Morgan fingerprint density at radius 1 is 1.40 bits per heavy atom. The molecule has 106 valence electrons. The van der Waals surface area contributed by atoms with Crippen LogP contribution in [-0.2, 0) is 17.8 Å². The first-order valence-electron chi connectivity index (χ1n) is 6.41. The van der Waals surface area contributed by atoms with Crippen LogP contribution in [0, 0.1) is 6.92 Å². The van der Waals surface area contributed by atoms with E-state index < -0.39 is 5.97 Å². The monoisotopic (exact) mass is 275 g/mol. The molecule has 0 unspecified atom stereocenters. The normalized spacial score (nSPS) is 10.8. The Morgan fingerprint density at radius 3 is 2.65 bits per heavy atom. The molecule has 0 aliphatic heterocycles. The molecule has 0 saturated carbocycles. The molecule has 0 radical (unpaired) electrons. The number of pyridine rings is 1. The predicted molar refractivity (Wildman–Crippen MR) is 76.5 cm³/mol. The maximum Gasteiger partial charge on any atom is 0.308 e. The minimum Gasteiger partial charge on any atom is -0.497 e. The summed E-state index contributed by atoms with van der Waals surface area (Å²) in [4.78, 5) is 23.4. The van der Waals surface area contributed by atoms with Crippen molar-refractivity contribution in [1.82, 2.24) is 4.57 Å². The molecule has 0 spiro atoms. The van der Waals surface area contributed by atoms with Crippen molar-refractivity contribution in [3.8, 4) is 5.75 Å². The number of fused-ring (bicyclic) bond motifs is 1. The molecular formula is C15H17NO4. The van der Waals surface area contributed by atoms with Gasteiger partial charge in [-0.05, 0) is 32.0 Å². The van der Waals surface area contributed by atoms with Crippen molar-refractivity contribution in [1.29, 1.82) is 0 Å². The standard InChI is InChI=1S/C15H17NO4/c1-4-16-9(2)11(8-14(17)18)15(19)12-7-10(20-3)5-6-13(12)16/h5-7H,4,8H2,1-3H3,(H,17,18). The van der Waals surface area contributed by atoms with Crippen molar-refractivity contribution < 1.29 is 14.6 Å². The van der Waals surface area contributed by atoms with Crippen molar-refractivity contribution in [2.75, 3.05) is 7.11 Å². The summed E-state index contributed by atoms with van der Waals surface area (Å²) in [5, 5.41) is 9.47. The largest absolute Gasteiger partial charge is 0.497 e. The van der Waals surface area contributed by atoms with Crippen LogP contribution in [-0.4, -0.2) is 22.8 Å². The van der Waals surface area contributed by atoms with Crippen molar-refractivity contribution in [2.24, 2.45) is 0 Å². The second-order valence-electron chi connectivity index (χ2n) is 4.59. The molecule has 5 heteroatoms. The van der Waals surface area contributed by atoms with Crippen LogP contribution in [0.4, 0.5) is 0 Å². The average Bonchev–Trinajstić information content (AvgIpc) is 2.43. The number of ether oxygens (including phenoxy) is 1. The Kier molecular flexibility index (Phi) is 3.79. The molecule has 2 rings (SSSR count). The number of hydrogen-bond donors (Lipinski definition) is 1. The highest BCUT2D eigenvalue weighted by Gasteiger charge is 2.16. The molecule has 0 fully saturated rings. The fourth-order valence-electron chi connectivity index (χ4n) is 2.50. The Hall–Kier alpha value is -2.30. The Labute approximate surface area is 116 Å². The lowest BCUT2D eigenvalue weighted by Crippen LogP contribution is -2.21. The maximum absolute atomic E-state index is 12.5. The van der Waals surface area contributed by atoms with Gasteiger partial charge in [0.25, 0.3) is 0 Å². The molecule has 1 heterocycles. The molecule has 0 amide bonds. The summed E-state index contributed by atoms with van der Waals surface area (Å²) in [6.07, 6.45) is -0.266. The van der Waals surface area contributed by atoms with E-state index in [-0.39, 0.29) is 11.8 Å². The molecule has 1 N–H and O–H groups in total. The summed E-state index contributed by atoms with van der Waals surface area (Å²) in [6, 6.07) is 5.29. The van der Waals surface area contributed by atoms with Gasteiger partial charge in [0.05, 0.1) is 19.0 Å². The minimum absolute atomic E-state index is 0.233. The van der Waals surface area contributed by atoms with E-state index in [1.807, 2.05) is 17.6 Å². The van der Waals surface area contributed by atoms with Gasteiger partial charge in [0.15, 0.2) is 5.43 Å². The molecule has 5 nitrogen and oxygen atoms in total. The number of benzene rings is 1. The molecule has 0 saturated heterocycles. The van der Waals surface area contributed by atoms with Gasteiger partial charge in [-0.25, -0.2) is 0 Å². The summed E-state index contributed by atoms with van der Waals surface area (Å²) < 4.78 is 7.09. The third-order valence-electron chi connectivity index (χ3n) is 3.50. The number of carboxylic acid groups (broad SMARTS) is 1. The van der Waals surface area contributed by atoms with Gasteiger partial charge in [-0.1, -0.05) is 0 Å². The number of methoxy groups -OCH3 is 1. The van der Waals surface area contributed by atoms with Crippen LogP contribution in [0.3, 0.4) is 0 Å². The predicted octanol–water partition coefficient (Wildman–Crippen LogP) is 1.97. The van der Waals surface area contributed by atoms with Crippen LogP contribution in [0.25, 0.3) is 10.9 Å². The molecule has 2 aromatic rings. The van der Waals surface area contributed by atoms with Crippen LogP contribution in [0.5, 0.6) is 5.75 Å². The Bertz CT molecular complexity index is 731. The SMILES string of the molecule is CCn1c(C)c(CC(=O)O)c(=O)c2cc(OC)ccc21. The van der Waals surface area contributed by atoms with Crippen molar-refractivity contribution >= 4 is 16.9 Å². The van der Waals surface area contributed by atoms with Gasteiger partial charge in [0.2, 0.25) is 0 Å². The summed E-state index contributed by atoms with van der Waals surface area (Å²) in [6.45, 7) is 4.42. The fourth-order valence-corrected chi connectivity index (χ4v) is 2.50. The summed E-state index contributed by atoms with van der Waals surface area (Å²) >= 11 is 0. The Morgan fingerprint density at radius 2 is 2.10 bits per heavy atom. The number of nitrogens with zero attached hydrogens (tertiary/aromatic N) is 1. The van der Waals surface area contributed by atoms with Crippen LogP contribution >= 0.6 is 0 Å². The quantitative estimate of drug-likeness (QED) is 0.926. The van der Waals surface area contributed by atoms with E-state index in [2.05, 4.69) is 0 Å². The van der Waals surface area contributed by atoms with E-state index in [0.29, 0.717) is 28.9 Å². The van der Waals surface area contributed by atoms with E-state index in [9.17, 15) is 9.59 Å². The van der Waals surface area contributed by atoms with Crippen LogP contribution in [0.2, 0.25) is 0 Å². The van der Waals surface area contributed by atoms with Gasteiger partial charge >= 0.3 is 5.97 Å². The zero-order valence-corrected chi connectivity index (χ0v) is 11.8. The highest BCUT2D eigenvalue weighted by atomic mass is 16.5. The first-order chi connectivity index (χ1) is 9.49. The van der Waals surface area contributed by atoms with E-state index in [1.165, 1.54) is 7.11 Å². The molecule has 1 aromatic heterocycles. The third kappa shape index (κ3) is 2.27. The van der Waals surface area contributed by atoms with Gasteiger partial charge in [-0.15, -0.1) is 0 Å². The van der Waals surface area contributed by atoms with Crippen molar-refractivity contribution in [3.63, 3.8) is 0 Å². The molecule has 0 bridgehead atoms. The van der Waals surface area contributed by atoms with Crippen molar-refractivity contribution in [2.45, 2.75) is 26.8 Å². The molecule has 20 heavy (non-hydrogen) atoms. The van der Waals surface area contributed by atoms with Gasteiger partial charge in [-0.3, -0.25) is 9.59 Å². The maximum atomic E-state index is 12.5. The first-order valence-corrected chi connectivity index (χ1v) is 6.41. The van der Waals surface area contributed by atoms with E-state index in [4.69, 9.17) is 9.84 Å². The second kappa shape index (κ2) is 5.36. The highest BCUT2D eigenvalue weighted by Crippen LogP contribution is 2.21. The topological polar surface area (TPSA) is 68.5 Å². The van der Waals surface area contributed by atoms with Gasteiger partial charge in [-0.2, -0.15) is 0 Å². The number of aryl methyl sites for hydroxylation is 1. The van der Waals surface area contributed by atoms with E-state index in [0.717, 1.165) is 5.52 Å². The molecule has 0 atom stereocenters. The lowest BCUT2D eigenvalue weighted by molar-refractivity contribution is -0.136. The summed E-state index contributed by atoms with van der Waals surface area (Å²) in [7, 11) is 1.53. The lowest BCUT2D eigenvalue weighted by atomic mass is 10.0. The van der Waals surface area contributed by atoms with Crippen LogP contribution < -0.4 is 10.2 Å². The molecule has 1 aromatic carbocycles. The van der Waals surface area contributed by atoms with Gasteiger partial charge in [0.1, 0.15) is 5.75 Å². The van der Waals surface area contributed by atoms with E-state index in [1.54, 1.807) is 19.1 Å². The number of hydrogen-bond acceptors (Lipinski definition) is 3. The van der Waals surface area contributed by atoms with Crippen LogP contribution in [0.1, 0.15) is 18.2 Å². The summed E-state index contributed by atoms with van der Waals surface area (Å²) in [5.41, 5.74) is 1.60. The highest BCUT2D eigenvalue weighted by molar-refractivity contribution is 5.83. The van der Waals surface area contributed by atoms with E-state index >= 15 is 0 Å². The third-order valence-corrected chi connectivity index (χ3v) is 3.50. The van der Waals surface area contributed by atoms with Crippen LogP contribution in [0.15, 0.2) is 23.0 Å². The number of rotatable bonds is 4. The van der Waals surface area contributed by atoms with Gasteiger partial charge in [0, 0.05) is 23.2 Å². The number of aromatic nitrogens is 1. The molecule has 0 aliphatic carbocycles. The zero-order chi connectivity index (χ0) is 14.9. The smallest absolute Gasteiger partial charge is 0.308 e. The lowest BCUT2D eigenvalue weighted by Gasteiger charge is -2.16.